The van der Waals surface area contributed by atoms with Gasteiger partial charge in [-0.1, -0.05) is 13.3 Å². The molecule has 0 atom stereocenters. The minimum Gasteiger partial charge on any atom is -0.159 e. The van der Waals surface area contributed by atoms with Crippen molar-refractivity contribution in [3.8, 4) is 0 Å². The molecule has 1 aliphatic heterocycles. The van der Waals surface area contributed by atoms with Crippen molar-refractivity contribution < 1.29 is 0 Å². The van der Waals surface area contributed by atoms with Crippen molar-refractivity contribution >= 4 is 11.4 Å². The lowest BCUT2D eigenvalue weighted by Crippen LogP contribution is -2.29. The Kier molecular flexibility index (Phi) is 2.12. The molecule has 11 heavy (non-hydrogen) atoms. The van der Waals surface area contributed by atoms with Crippen molar-refractivity contribution in [3.63, 3.8) is 0 Å². The Morgan fingerprint density at radius 3 is 2.00 bits per heavy atom. The second-order valence-electron chi connectivity index (χ2n) is 3.45. The van der Waals surface area contributed by atoms with Gasteiger partial charge in [-0.05, 0) is 27.2 Å². The van der Waals surface area contributed by atoms with Crippen molar-refractivity contribution in [1.82, 2.24) is 0 Å². The van der Waals surface area contributed by atoms with Crippen molar-refractivity contribution in [3.05, 3.63) is 0 Å². The molecule has 1 heterocycles. The van der Waals surface area contributed by atoms with E-state index in [1.165, 1.54) is 6.42 Å². The Bertz CT molecular complexity index is 196. The molecule has 0 fully saturated rings. The summed E-state index contributed by atoms with van der Waals surface area (Å²) in [4.78, 5) is 0. The average Bonchev–Trinajstić information content (AvgIpc) is 2.19. The summed E-state index contributed by atoms with van der Waals surface area (Å²) in [7, 11) is 0. The number of hydrogen-bond acceptors (Lipinski definition) is 2. The van der Waals surface area contributed by atoms with E-state index < -0.39 is 0 Å². The van der Waals surface area contributed by atoms with Gasteiger partial charge in [-0.15, -0.1) is 0 Å². The van der Waals surface area contributed by atoms with Crippen molar-refractivity contribution in [2.45, 2.75) is 40.5 Å². The molecule has 0 unspecified atom stereocenters. The normalized spacial score (nSPS) is 21.5. The fourth-order valence-electron chi connectivity index (χ4n) is 1.49. The van der Waals surface area contributed by atoms with Crippen molar-refractivity contribution in [2.24, 2.45) is 15.6 Å². The van der Waals surface area contributed by atoms with E-state index in [4.69, 9.17) is 0 Å². The molecular weight excluding hydrogens is 136 g/mol. The van der Waals surface area contributed by atoms with Crippen LogP contribution in [0.25, 0.3) is 0 Å². The van der Waals surface area contributed by atoms with Gasteiger partial charge in [-0.2, -0.15) is 10.2 Å². The Morgan fingerprint density at radius 2 is 1.64 bits per heavy atom. The smallest absolute Gasteiger partial charge is 0.0490 e. The maximum absolute atomic E-state index is 4.09. The van der Waals surface area contributed by atoms with E-state index in [0.29, 0.717) is 0 Å². The molecular formula is C9H16N2. The molecule has 0 bridgehead atoms. The van der Waals surface area contributed by atoms with Gasteiger partial charge in [0, 0.05) is 16.8 Å². The third kappa shape index (κ3) is 1.22. The molecule has 62 valence electrons. The molecule has 0 aliphatic carbocycles. The van der Waals surface area contributed by atoms with E-state index in [2.05, 4.69) is 37.9 Å². The largest absolute Gasteiger partial charge is 0.159 e. The second kappa shape index (κ2) is 2.76. The Morgan fingerprint density at radius 1 is 1.18 bits per heavy atom. The van der Waals surface area contributed by atoms with E-state index in [-0.39, 0.29) is 5.41 Å². The van der Waals surface area contributed by atoms with Crippen LogP contribution in [0.5, 0.6) is 0 Å². The third-order valence-electron chi connectivity index (χ3n) is 2.70. The van der Waals surface area contributed by atoms with Crippen LogP contribution < -0.4 is 0 Å². The van der Waals surface area contributed by atoms with E-state index in [9.17, 15) is 0 Å². The summed E-state index contributed by atoms with van der Waals surface area (Å²) in [6, 6.07) is 0. The van der Waals surface area contributed by atoms with E-state index in [1.54, 1.807) is 0 Å². The monoisotopic (exact) mass is 152 g/mol. The van der Waals surface area contributed by atoms with Gasteiger partial charge >= 0.3 is 0 Å². The summed E-state index contributed by atoms with van der Waals surface area (Å²) in [6.07, 6.45) is 2.36. The first kappa shape index (κ1) is 8.44. The lowest BCUT2D eigenvalue weighted by atomic mass is 9.78. The lowest BCUT2D eigenvalue weighted by Gasteiger charge is -2.23. The van der Waals surface area contributed by atoms with Gasteiger partial charge in [0.1, 0.15) is 0 Å². The van der Waals surface area contributed by atoms with Crippen LogP contribution in [-0.4, -0.2) is 11.4 Å². The van der Waals surface area contributed by atoms with Crippen LogP contribution in [0.4, 0.5) is 0 Å². The number of rotatable bonds is 2. The van der Waals surface area contributed by atoms with Gasteiger partial charge < -0.3 is 0 Å². The highest BCUT2D eigenvalue weighted by Gasteiger charge is 2.33. The van der Waals surface area contributed by atoms with Crippen LogP contribution in [0.2, 0.25) is 0 Å². The molecule has 0 saturated carbocycles. The minimum absolute atomic E-state index is 0.161. The highest BCUT2D eigenvalue weighted by atomic mass is 15.2. The Balaban J connectivity index is 2.83. The fourth-order valence-corrected chi connectivity index (χ4v) is 1.49. The van der Waals surface area contributed by atoms with Gasteiger partial charge in [0.05, 0.1) is 0 Å². The Hall–Kier alpha value is -0.660. The first-order chi connectivity index (χ1) is 5.11. The van der Waals surface area contributed by atoms with Gasteiger partial charge in [0.15, 0.2) is 0 Å². The Labute approximate surface area is 68.4 Å². The van der Waals surface area contributed by atoms with Crippen LogP contribution >= 0.6 is 0 Å². The first-order valence-electron chi connectivity index (χ1n) is 4.21. The van der Waals surface area contributed by atoms with Gasteiger partial charge in [0.2, 0.25) is 0 Å². The standard InChI is InChI=1S/C9H16N2/c1-5-6-9(4)7(2)10-11-8(9)3/h5-6H2,1-4H3. The molecule has 0 aromatic heterocycles. The van der Waals surface area contributed by atoms with Crippen LogP contribution in [-0.2, 0) is 0 Å². The number of nitrogens with zero attached hydrogens (tertiary/aromatic N) is 2. The van der Waals surface area contributed by atoms with Crippen LogP contribution in [0.15, 0.2) is 10.2 Å². The van der Waals surface area contributed by atoms with Gasteiger partial charge in [-0.25, -0.2) is 0 Å². The zero-order chi connectivity index (χ0) is 8.48. The number of hydrogen-bond donors (Lipinski definition) is 0. The lowest BCUT2D eigenvalue weighted by molar-refractivity contribution is 0.570. The molecule has 0 radical (unpaired) electrons. The summed E-state index contributed by atoms with van der Waals surface area (Å²) in [5.41, 5.74) is 2.49. The predicted molar refractivity (Wildman–Crippen MR) is 49.2 cm³/mol. The topological polar surface area (TPSA) is 24.7 Å². The van der Waals surface area contributed by atoms with Crippen LogP contribution in [0.1, 0.15) is 40.5 Å². The highest BCUT2D eigenvalue weighted by molar-refractivity contribution is 6.12. The molecule has 0 aromatic carbocycles. The average molecular weight is 152 g/mol. The predicted octanol–water partition coefficient (Wildman–Crippen LogP) is 2.64. The first-order valence-corrected chi connectivity index (χ1v) is 4.21. The summed E-state index contributed by atoms with van der Waals surface area (Å²) in [6.45, 7) is 8.55. The summed E-state index contributed by atoms with van der Waals surface area (Å²) in [5, 5.41) is 8.19. The third-order valence-corrected chi connectivity index (χ3v) is 2.70. The quantitative estimate of drug-likeness (QED) is 0.581. The van der Waals surface area contributed by atoms with Crippen LogP contribution in [0.3, 0.4) is 0 Å². The highest BCUT2D eigenvalue weighted by Crippen LogP contribution is 2.31. The van der Waals surface area contributed by atoms with Crippen LogP contribution in [0, 0.1) is 5.41 Å². The molecule has 0 amide bonds. The zero-order valence-corrected chi connectivity index (χ0v) is 7.81. The molecule has 1 aliphatic rings. The fraction of sp³-hybridized carbons (Fsp3) is 0.778. The molecule has 2 heteroatoms. The molecule has 0 N–H and O–H groups in total. The van der Waals surface area contributed by atoms with E-state index in [0.717, 1.165) is 17.8 Å². The summed E-state index contributed by atoms with van der Waals surface area (Å²) < 4.78 is 0. The minimum atomic E-state index is 0.161. The van der Waals surface area contributed by atoms with Crippen molar-refractivity contribution in [1.29, 1.82) is 0 Å². The van der Waals surface area contributed by atoms with E-state index in [1.807, 2.05) is 0 Å². The maximum Gasteiger partial charge on any atom is 0.0490 e. The summed E-state index contributed by atoms with van der Waals surface area (Å²) >= 11 is 0. The maximum atomic E-state index is 4.09. The second-order valence-corrected chi connectivity index (χ2v) is 3.45. The van der Waals surface area contributed by atoms with Gasteiger partial charge in [-0.3, -0.25) is 0 Å². The molecule has 0 spiro atoms. The van der Waals surface area contributed by atoms with Gasteiger partial charge in [0.25, 0.3) is 0 Å². The molecule has 0 aromatic rings. The van der Waals surface area contributed by atoms with E-state index >= 15 is 0 Å². The zero-order valence-electron chi connectivity index (χ0n) is 7.81. The molecule has 2 nitrogen and oxygen atoms in total. The SMILES string of the molecule is CCCC1(C)C(C)=NN=C1C. The van der Waals surface area contributed by atoms with Crippen molar-refractivity contribution in [2.75, 3.05) is 0 Å². The molecule has 1 rings (SSSR count). The summed E-state index contributed by atoms with van der Waals surface area (Å²) in [5.74, 6) is 0. The molecule has 0 saturated heterocycles.